The molecule has 0 spiro atoms. The number of nitrogens with one attached hydrogen (secondary N) is 1. The number of hydrogen-bond donors (Lipinski definition) is 2. The number of aryl methyl sites for hydroxylation is 1. The Labute approximate surface area is 141 Å². The molecule has 0 aliphatic carbocycles. The number of urea groups is 1. The van der Waals surface area contributed by atoms with Crippen molar-refractivity contribution in [2.24, 2.45) is 0 Å². The molecule has 124 valence electrons. The van der Waals surface area contributed by atoms with Gasteiger partial charge < -0.3 is 11.1 Å². The molecular formula is C19H21N3O2. The van der Waals surface area contributed by atoms with Gasteiger partial charge in [-0.2, -0.15) is 0 Å². The molecule has 5 nitrogen and oxygen atoms in total. The molecule has 3 amide bonds. The third kappa shape index (κ3) is 3.74. The second-order valence-electron chi connectivity index (χ2n) is 6.03. The van der Waals surface area contributed by atoms with Crippen molar-refractivity contribution >= 4 is 17.6 Å². The number of hydrogen-bond acceptors (Lipinski definition) is 3. The highest BCUT2D eigenvalue weighted by Crippen LogP contribution is 2.14. The van der Waals surface area contributed by atoms with Crippen molar-refractivity contribution in [1.82, 2.24) is 10.2 Å². The summed E-state index contributed by atoms with van der Waals surface area (Å²) in [6.45, 7) is 0.442. The van der Waals surface area contributed by atoms with Crippen LogP contribution in [0.3, 0.4) is 0 Å². The van der Waals surface area contributed by atoms with Crippen molar-refractivity contribution in [2.75, 3.05) is 12.3 Å². The van der Waals surface area contributed by atoms with E-state index in [1.54, 1.807) is 12.1 Å². The van der Waals surface area contributed by atoms with E-state index in [0.717, 1.165) is 18.4 Å². The minimum absolute atomic E-state index is 0.148. The zero-order valence-corrected chi connectivity index (χ0v) is 13.4. The summed E-state index contributed by atoms with van der Waals surface area (Å²) < 4.78 is 0. The van der Waals surface area contributed by atoms with Crippen LogP contribution in [0.4, 0.5) is 10.5 Å². The standard InChI is InChI=1S/C19H21N3O2/c20-16-10-8-15(9-11-16)13-17-18(23)22(19(24)21-17)12-4-7-14-5-2-1-3-6-14/h1-3,5-6,8-11,17H,4,7,12-13,20H2,(H,21,24). The topological polar surface area (TPSA) is 75.4 Å². The first-order valence-corrected chi connectivity index (χ1v) is 8.14. The maximum Gasteiger partial charge on any atom is 0.324 e. The third-order valence-corrected chi connectivity index (χ3v) is 4.22. The zero-order valence-electron chi connectivity index (χ0n) is 13.4. The number of carbonyl (C=O) groups is 2. The molecule has 3 rings (SSSR count). The van der Waals surface area contributed by atoms with Crippen LogP contribution in [0.5, 0.6) is 0 Å². The Morgan fingerprint density at radius 1 is 0.958 bits per heavy atom. The fourth-order valence-electron chi connectivity index (χ4n) is 2.90. The molecular weight excluding hydrogens is 302 g/mol. The molecule has 3 N–H and O–H groups in total. The van der Waals surface area contributed by atoms with Crippen LogP contribution < -0.4 is 11.1 Å². The highest BCUT2D eigenvalue weighted by Gasteiger charge is 2.37. The maximum atomic E-state index is 12.4. The third-order valence-electron chi connectivity index (χ3n) is 4.22. The first-order chi connectivity index (χ1) is 11.6. The van der Waals surface area contributed by atoms with E-state index in [4.69, 9.17) is 5.73 Å². The second kappa shape index (κ2) is 7.17. The maximum absolute atomic E-state index is 12.4. The van der Waals surface area contributed by atoms with Crippen molar-refractivity contribution < 1.29 is 9.59 Å². The number of amides is 3. The Morgan fingerprint density at radius 3 is 2.38 bits per heavy atom. The van der Waals surface area contributed by atoms with Gasteiger partial charge in [-0.3, -0.25) is 9.69 Å². The van der Waals surface area contributed by atoms with E-state index in [9.17, 15) is 9.59 Å². The lowest BCUT2D eigenvalue weighted by Crippen LogP contribution is -2.33. The minimum atomic E-state index is -0.488. The smallest absolute Gasteiger partial charge is 0.324 e. The summed E-state index contributed by atoms with van der Waals surface area (Å²) in [5, 5.41) is 2.77. The fourth-order valence-corrected chi connectivity index (χ4v) is 2.90. The van der Waals surface area contributed by atoms with Crippen LogP contribution in [0.2, 0.25) is 0 Å². The normalized spacial score (nSPS) is 17.2. The van der Waals surface area contributed by atoms with E-state index < -0.39 is 6.04 Å². The summed E-state index contributed by atoms with van der Waals surface area (Å²) in [7, 11) is 0. The molecule has 0 saturated carbocycles. The van der Waals surface area contributed by atoms with Crippen molar-refractivity contribution in [2.45, 2.75) is 25.3 Å². The number of nitrogen functional groups attached to an aromatic ring is 1. The Kier molecular flexibility index (Phi) is 4.79. The van der Waals surface area contributed by atoms with E-state index >= 15 is 0 Å². The predicted molar refractivity (Wildman–Crippen MR) is 93.4 cm³/mol. The molecule has 1 fully saturated rings. The molecule has 24 heavy (non-hydrogen) atoms. The average molecular weight is 323 g/mol. The lowest BCUT2D eigenvalue weighted by Gasteiger charge is -2.13. The molecule has 0 radical (unpaired) electrons. The van der Waals surface area contributed by atoms with Crippen LogP contribution in [0.15, 0.2) is 54.6 Å². The van der Waals surface area contributed by atoms with Gasteiger partial charge in [-0.15, -0.1) is 0 Å². The van der Waals surface area contributed by atoms with Gasteiger partial charge in [0.1, 0.15) is 6.04 Å². The van der Waals surface area contributed by atoms with Crippen molar-refractivity contribution in [3.05, 3.63) is 65.7 Å². The summed E-state index contributed by atoms with van der Waals surface area (Å²) in [5.41, 5.74) is 8.54. The molecule has 2 aromatic rings. The predicted octanol–water partition coefficient (Wildman–Crippen LogP) is 2.36. The molecule has 0 bridgehead atoms. The largest absolute Gasteiger partial charge is 0.399 e. The quantitative estimate of drug-likeness (QED) is 0.633. The van der Waals surface area contributed by atoms with Crippen LogP contribution in [0.25, 0.3) is 0 Å². The Bertz CT molecular complexity index is 713. The molecule has 1 aliphatic heterocycles. The van der Waals surface area contributed by atoms with Gasteiger partial charge in [0.05, 0.1) is 0 Å². The first-order valence-electron chi connectivity index (χ1n) is 8.14. The Balaban J connectivity index is 1.54. The highest BCUT2D eigenvalue weighted by atomic mass is 16.2. The molecule has 1 aliphatic rings. The Morgan fingerprint density at radius 2 is 1.67 bits per heavy atom. The molecule has 1 unspecified atom stereocenters. The minimum Gasteiger partial charge on any atom is -0.399 e. The lowest BCUT2D eigenvalue weighted by atomic mass is 10.1. The van der Waals surface area contributed by atoms with E-state index in [1.165, 1.54) is 10.5 Å². The number of nitrogens with zero attached hydrogens (tertiary/aromatic N) is 1. The lowest BCUT2D eigenvalue weighted by molar-refractivity contribution is -0.127. The van der Waals surface area contributed by atoms with E-state index in [1.807, 2.05) is 30.3 Å². The van der Waals surface area contributed by atoms with Crippen LogP contribution in [-0.2, 0) is 17.6 Å². The molecule has 1 heterocycles. The van der Waals surface area contributed by atoms with Crippen molar-refractivity contribution in [1.29, 1.82) is 0 Å². The zero-order chi connectivity index (χ0) is 16.9. The molecule has 1 saturated heterocycles. The summed E-state index contributed by atoms with van der Waals surface area (Å²) in [5.74, 6) is -0.148. The fraction of sp³-hybridized carbons (Fsp3) is 0.263. The van der Waals surface area contributed by atoms with E-state index in [-0.39, 0.29) is 11.9 Å². The van der Waals surface area contributed by atoms with Crippen LogP contribution in [-0.4, -0.2) is 29.4 Å². The number of imide groups is 1. The number of anilines is 1. The molecule has 1 atom stereocenters. The van der Waals surface area contributed by atoms with E-state index in [2.05, 4.69) is 17.4 Å². The van der Waals surface area contributed by atoms with Gasteiger partial charge in [0, 0.05) is 18.7 Å². The first kappa shape index (κ1) is 16.1. The highest BCUT2D eigenvalue weighted by molar-refractivity contribution is 6.04. The average Bonchev–Trinajstić information content (AvgIpc) is 2.85. The van der Waals surface area contributed by atoms with Crippen LogP contribution in [0, 0.1) is 0 Å². The summed E-state index contributed by atoms with van der Waals surface area (Å²) in [6, 6.07) is 16.6. The number of rotatable bonds is 6. The number of benzene rings is 2. The molecule has 2 aromatic carbocycles. The summed E-state index contributed by atoms with van der Waals surface area (Å²) in [6.07, 6.45) is 2.10. The van der Waals surface area contributed by atoms with Crippen LogP contribution >= 0.6 is 0 Å². The summed E-state index contributed by atoms with van der Waals surface area (Å²) >= 11 is 0. The van der Waals surface area contributed by atoms with Gasteiger partial charge in [0.15, 0.2) is 0 Å². The van der Waals surface area contributed by atoms with E-state index in [0.29, 0.717) is 18.7 Å². The van der Waals surface area contributed by atoms with Gasteiger partial charge in [0.2, 0.25) is 0 Å². The second-order valence-corrected chi connectivity index (χ2v) is 6.03. The van der Waals surface area contributed by atoms with Gasteiger partial charge in [-0.1, -0.05) is 42.5 Å². The number of nitrogens with two attached hydrogens (primary N) is 1. The van der Waals surface area contributed by atoms with Crippen molar-refractivity contribution in [3.63, 3.8) is 0 Å². The SMILES string of the molecule is Nc1ccc(CC2NC(=O)N(CCCc3ccccc3)C2=O)cc1. The van der Waals surface area contributed by atoms with Gasteiger partial charge in [0.25, 0.3) is 5.91 Å². The monoisotopic (exact) mass is 323 g/mol. The van der Waals surface area contributed by atoms with Gasteiger partial charge in [-0.25, -0.2) is 4.79 Å². The number of carbonyl (C=O) groups excluding carboxylic acids is 2. The van der Waals surface area contributed by atoms with Crippen LogP contribution in [0.1, 0.15) is 17.5 Å². The molecule has 0 aromatic heterocycles. The Hall–Kier alpha value is -2.82. The summed E-state index contributed by atoms with van der Waals surface area (Å²) in [4.78, 5) is 25.8. The van der Waals surface area contributed by atoms with Crippen molar-refractivity contribution in [3.8, 4) is 0 Å². The van der Waals surface area contributed by atoms with Gasteiger partial charge >= 0.3 is 6.03 Å². The molecule has 5 heteroatoms. The van der Waals surface area contributed by atoms with Gasteiger partial charge in [-0.05, 0) is 36.1 Å².